The second kappa shape index (κ2) is 7.14. The van der Waals surface area contributed by atoms with E-state index in [1.807, 2.05) is 13.8 Å². The smallest absolute Gasteiger partial charge is 0.315 e. The summed E-state index contributed by atoms with van der Waals surface area (Å²) in [4.78, 5) is 22.3. The minimum Gasteiger partial charge on any atom is -0.492 e. The fourth-order valence-corrected chi connectivity index (χ4v) is 1.55. The number of hydrogen-bond donors (Lipinski definition) is 2. The third kappa shape index (κ3) is 4.74. The van der Waals surface area contributed by atoms with E-state index in [1.165, 1.54) is 13.0 Å². The molecule has 0 aromatic heterocycles. The number of rotatable bonds is 6. The molecule has 6 heteroatoms. The summed E-state index contributed by atoms with van der Waals surface area (Å²) < 4.78 is 5.51. The highest BCUT2D eigenvalue weighted by Crippen LogP contribution is 2.28. The molecule has 0 radical (unpaired) electrons. The van der Waals surface area contributed by atoms with Gasteiger partial charge in [0.2, 0.25) is 5.91 Å². The molecule has 1 rings (SSSR count). The van der Waals surface area contributed by atoms with Gasteiger partial charge in [0.25, 0.3) is 0 Å². The van der Waals surface area contributed by atoms with Crippen LogP contribution in [0, 0.1) is 11.8 Å². The van der Waals surface area contributed by atoms with Gasteiger partial charge in [0.1, 0.15) is 11.7 Å². The number of hydrogen-bond acceptors (Lipinski definition) is 3. The summed E-state index contributed by atoms with van der Waals surface area (Å²) in [7, 11) is 0. The first kappa shape index (κ1) is 16.3. The molecule has 5 nitrogen and oxygen atoms in total. The molecule has 0 spiro atoms. The van der Waals surface area contributed by atoms with Gasteiger partial charge >= 0.3 is 5.97 Å². The molecule has 20 heavy (non-hydrogen) atoms. The molecule has 1 unspecified atom stereocenters. The summed E-state index contributed by atoms with van der Waals surface area (Å²) in [6, 6.07) is 4.80. The second-order valence-electron chi connectivity index (χ2n) is 4.90. The number of carboxylic acid groups (broad SMARTS) is 1. The van der Waals surface area contributed by atoms with Crippen LogP contribution in [-0.2, 0) is 9.59 Å². The summed E-state index contributed by atoms with van der Waals surface area (Å²) in [5.41, 5.74) is 0.435. The molecule has 0 saturated heterocycles. The lowest BCUT2D eigenvalue weighted by Gasteiger charge is -2.12. The molecule has 1 amide bonds. The quantitative estimate of drug-likeness (QED) is 0.792. The average Bonchev–Trinajstić information content (AvgIpc) is 2.36. The Hall–Kier alpha value is -1.75. The number of aliphatic carboxylic acids is 1. The van der Waals surface area contributed by atoms with E-state index < -0.39 is 17.8 Å². The van der Waals surface area contributed by atoms with Crippen molar-refractivity contribution in [3.8, 4) is 5.75 Å². The maximum absolute atomic E-state index is 11.6. The zero-order valence-corrected chi connectivity index (χ0v) is 12.4. The second-order valence-corrected chi connectivity index (χ2v) is 5.31. The maximum atomic E-state index is 11.6. The van der Waals surface area contributed by atoms with Crippen LogP contribution in [0.15, 0.2) is 18.2 Å². The zero-order valence-electron chi connectivity index (χ0n) is 11.6. The largest absolute Gasteiger partial charge is 0.492 e. The molecule has 1 aromatic carbocycles. The Morgan fingerprint density at radius 3 is 2.50 bits per heavy atom. The van der Waals surface area contributed by atoms with E-state index in [2.05, 4.69) is 5.32 Å². The van der Waals surface area contributed by atoms with Gasteiger partial charge in [0, 0.05) is 5.69 Å². The van der Waals surface area contributed by atoms with Crippen LogP contribution in [0.2, 0.25) is 5.02 Å². The Kier molecular flexibility index (Phi) is 5.82. The summed E-state index contributed by atoms with van der Waals surface area (Å²) in [6.07, 6.45) is 0. The highest BCUT2D eigenvalue weighted by atomic mass is 35.5. The van der Waals surface area contributed by atoms with Crippen molar-refractivity contribution in [3.05, 3.63) is 23.2 Å². The molecule has 0 aliphatic rings. The molecule has 2 N–H and O–H groups in total. The molecular weight excluding hydrogens is 282 g/mol. The van der Waals surface area contributed by atoms with Crippen LogP contribution in [0.3, 0.4) is 0 Å². The molecule has 0 bridgehead atoms. The molecule has 0 aliphatic heterocycles. The Morgan fingerprint density at radius 1 is 1.35 bits per heavy atom. The topological polar surface area (TPSA) is 75.6 Å². The number of ether oxygens (including phenoxy) is 1. The predicted molar refractivity (Wildman–Crippen MR) is 77.2 cm³/mol. The number of carbonyl (C=O) groups is 2. The highest BCUT2D eigenvalue weighted by molar-refractivity contribution is 6.32. The van der Waals surface area contributed by atoms with Crippen molar-refractivity contribution in [1.29, 1.82) is 0 Å². The number of carboxylic acids is 1. The molecule has 110 valence electrons. The Balaban J connectivity index is 2.72. The van der Waals surface area contributed by atoms with Crippen molar-refractivity contribution in [1.82, 2.24) is 0 Å². The summed E-state index contributed by atoms with van der Waals surface area (Å²) in [5.74, 6) is -1.98. The van der Waals surface area contributed by atoms with Gasteiger partial charge in [-0.2, -0.15) is 0 Å². The van der Waals surface area contributed by atoms with Gasteiger partial charge in [-0.15, -0.1) is 0 Å². The van der Waals surface area contributed by atoms with Gasteiger partial charge in [0.05, 0.1) is 11.6 Å². The van der Waals surface area contributed by atoms with Crippen LogP contribution in [-0.4, -0.2) is 23.6 Å². The van der Waals surface area contributed by atoms with E-state index in [1.54, 1.807) is 12.1 Å². The van der Waals surface area contributed by atoms with Crippen LogP contribution >= 0.6 is 11.6 Å². The van der Waals surface area contributed by atoms with E-state index in [0.717, 1.165) is 0 Å². The molecule has 0 saturated carbocycles. The van der Waals surface area contributed by atoms with E-state index in [-0.39, 0.29) is 0 Å². The van der Waals surface area contributed by atoms with Gasteiger partial charge < -0.3 is 15.2 Å². The number of carbonyl (C=O) groups excluding carboxylic acids is 1. The third-order valence-corrected chi connectivity index (χ3v) is 2.83. The fourth-order valence-electron chi connectivity index (χ4n) is 1.31. The summed E-state index contributed by atoms with van der Waals surface area (Å²) in [6.45, 7) is 5.91. The highest BCUT2D eigenvalue weighted by Gasteiger charge is 2.20. The van der Waals surface area contributed by atoms with Crippen molar-refractivity contribution in [3.63, 3.8) is 0 Å². The number of anilines is 1. The van der Waals surface area contributed by atoms with Gasteiger partial charge in [-0.1, -0.05) is 25.4 Å². The first-order valence-electron chi connectivity index (χ1n) is 6.27. The van der Waals surface area contributed by atoms with Crippen LogP contribution in [0.5, 0.6) is 5.75 Å². The molecule has 1 atom stereocenters. The normalized spacial score (nSPS) is 12.1. The van der Waals surface area contributed by atoms with Crippen molar-refractivity contribution >= 4 is 29.2 Å². The van der Waals surface area contributed by atoms with E-state index in [4.69, 9.17) is 21.4 Å². The maximum Gasteiger partial charge on any atom is 0.315 e. The monoisotopic (exact) mass is 299 g/mol. The summed E-state index contributed by atoms with van der Waals surface area (Å²) in [5, 5.41) is 11.6. The predicted octanol–water partition coefficient (Wildman–Crippen LogP) is 3.03. The van der Waals surface area contributed by atoms with Gasteiger partial charge in [0.15, 0.2) is 0 Å². The lowest BCUT2D eigenvalue weighted by molar-refractivity contribution is -0.144. The van der Waals surface area contributed by atoms with Gasteiger partial charge in [-0.3, -0.25) is 9.59 Å². The Morgan fingerprint density at radius 2 is 2.00 bits per heavy atom. The SMILES string of the molecule is CC(C)COc1ccc(NC(=O)C(C)C(=O)O)cc1Cl. The molecule has 0 aliphatic carbocycles. The lowest BCUT2D eigenvalue weighted by Crippen LogP contribution is -2.26. The standard InChI is InChI=1S/C14H18ClNO4/c1-8(2)7-20-12-5-4-10(6-11(12)15)16-13(17)9(3)14(18)19/h4-6,8-9H,7H2,1-3H3,(H,16,17)(H,18,19). The number of benzene rings is 1. The molecular formula is C14H18ClNO4. The van der Waals surface area contributed by atoms with Crippen LogP contribution in [0.25, 0.3) is 0 Å². The van der Waals surface area contributed by atoms with Crippen LogP contribution in [0.1, 0.15) is 20.8 Å². The summed E-state index contributed by atoms with van der Waals surface area (Å²) >= 11 is 6.05. The molecule has 0 heterocycles. The van der Waals surface area contributed by atoms with Crippen molar-refractivity contribution in [2.75, 3.05) is 11.9 Å². The average molecular weight is 300 g/mol. The minimum absolute atomic E-state index is 0.367. The van der Waals surface area contributed by atoms with Crippen LogP contribution in [0.4, 0.5) is 5.69 Å². The first-order chi connectivity index (χ1) is 9.31. The minimum atomic E-state index is -1.18. The number of amides is 1. The van der Waals surface area contributed by atoms with Crippen molar-refractivity contribution in [2.24, 2.45) is 11.8 Å². The Labute approximate surface area is 122 Å². The molecule has 1 aromatic rings. The molecule has 0 fully saturated rings. The van der Waals surface area contributed by atoms with E-state index in [9.17, 15) is 9.59 Å². The lowest BCUT2D eigenvalue weighted by atomic mass is 10.1. The van der Waals surface area contributed by atoms with Gasteiger partial charge in [-0.05, 0) is 31.0 Å². The number of nitrogens with one attached hydrogen (secondary N) is 1. The van der Waals surface area contributed by atoms with Crippen molar-refractivity contribution < 1.29 is 19.4 Å². The number of halogens is 1. The third-order valence-electron chi connectivity index (χ3n) is 2.54. The zero-order chi connectivity index (χ0) is 15.3. The van der Waals surface area contributed by atoms with Crippen LogP contribution < -0.4 is 10.1 Å². The van der Waals surface area contributed by atoms with E-state index >= 15 is 0 Å². The first-order valence-corrected chi connectivity index (χ1v) is 6.65. The van der Waals surface area contributed by atoms with E-state index in [0.29, 0.717) is 29.0 Å². The fraction of sp³-hybridized carbons (Fsp3) is 0.429. The Bertz CT molecular complexity index is 502. The van der Waals surface area contributed by atoms with Gasteiger partial charge in [-0.25, -0.2) is 0 Å². The van der Waals surface area contributed by atoms with Crippen molar-refractivity contribution in [2.45, 2.75) is 20.8 Å².